The number of anilines is 3. The molecule has 0 fully saturated rings. The second kappa shape index (κ2) is 5.29. The van der Waals surface area contributed by atoms with Crippen LogP contribution in [0.3, 0.4) is 0 Å². The summed E-state index contributed by atoms with van der Waals surface area (Å²) in [6.07, 6.45) is 3.50. The number of nitrogens with one attached hydrogen (secondary N) is 1. The fourth-order valence-electron chi connectivity index (χ4n) is 3.35. The van der Waals surface area contributed by atoms with E-state index in [0.29, 0.717) is 26.7 Å². The Morgan fingerprint density at radius 1 is 1.12 bits per heavy atom. The van der Waals surface area contributed by atoms with Gasteiger partial charge in [-0.25, -0.2) is 4.98 Å². The zero-order valence-corrected chi connectivity index (χ0v) is 14.1. The highest BCUT2D eigenvalue weighted by Gasteiger charge is 2.13. The lowest BCUT2D eigenvalue weighted by Crippen LogP contribution is -2.15. The molecule has 0 saturated heterocycles. The third-order valence-corrected chi connectivity index (χ3v) is 5.39. The van der Waals surface area contributed by atoms with E-state index < -0.39 is 0 Å². The van der Waals surface area contributed by atoms with Gasteiger partial charge in [0, 0.05) is 11.4 Å². The van der Waals surface area contributed by atoms with Gasteiger partial charge in [-0.2, -0.15) is 4.52 Å². The Morgan fingerprint density at radius 2 is 2.00 bits per heavy atom. The monoisotopic (exact) mass is 349 g/mol. The van der Waals surface area contributed by atoms with Crippen LogP contribution in [0, 0.1) is 0 Å². The van der Waals surface area contributed by atoms with Gasteiger partial charge in [-0.1, -0.05) is 17.4 Å². The fourth-order valence-corrected chi connectivity index (χ4v) is 4.17. The standard InChI is InChI=1S/C18H15N5OS/c19-12-5-7-14-15(9-12)21-18-23(16(14)24)22-17(25-18)20-13-6-4-10-2-1-3-11(10)8-13/h4-9H,1-3,19H2,(H,20,22). The second-order valence-electron chi connectivity index (χ2n) is 6.26. The summed E-state index contributed by atoms with van der Waals surface area (Å²) in [6, 6.07) is 11.5. The molecule has 5 rings (SSSR count). The van der Waals surface area contributed by atoms with E-state index in [9.17, 15) is 4.79 Å². The molecule has 0 amide bonds. The molecular weight excluding hydrogens is 334 g/mol. The van der Waals surface area contributed by atoms with Crippen molar-refractivity contribution >= 4 is 43.7 Å². The van der Waals surface area contributed by atoms with Crippen molar-refractivity contribution in [1.29, 1.82) is 0 Å². The molecule has 1 aliphatic rings. The van der Waals surface area contributed by atoms with Gasteiger partial charge < -0.3 is 11.1 Å². The highest BCUT2D eigenvalue weighted by molar-refractivity contribution is 7.20. The molecule has 124 valence electrons. The Labute approximate surface area is 146 Å². The number of nitrogens with two attached hydrogens (primary N) is 1. The van der Waals surface area contributed by atoms with E-state index in [2.05, 4.69) is 33.6 Å². The second-order valence-corrected chi connectivity index (χ2v) is 7.21. The molecule has 0 atom stereocenters. The van der Waals surface area contributed by atoms with E-state index in [1.165, 1.54) is 33.4 Å². The van der Waals surface area contributed by atoms with Gasteiger partial charge in [0.25, 0.3) is 5.56 Å². The third-order valence-electron chi connectivity index (χ3n) is 4.57. The molecule has 0 saturated carbocycles. The summed E-state index contributed by atoms with van der Waals surface area (Å²) < 4.78 is 1.35. The first-order valence-corrected chi connectivity index (χ1v) is 8.97. The minimum Gasteiger partial charge on any atom is -0.399 e. The molecule has 0 bridgehead atoms. The van der Waals surface area contributed by atoms with Gasteiger partial charge >= 0.3 is 0 Å². The van der Waals surface area contributed by atoms with Crippen molar-refractivity contribution in [3.05, 3.63) is 57.9 Å². The van der Waals surface area contributed by atoms with Crippen LogP contribution in [0.25, 0.3) is 15.9 Å². The van der Waals surface area contributed by atoms with Crippen molar-refractivity contribution < 1.29 is 0 Å². The van der Waals surface area contributed by atoms with Gasteiger partial charge in [-0.05, 0) is 60.7 Å². The predicted octanol–water partition coefficient (Wildman–Crippen LogP) is 3.12. The molecule has 2 heterocycles. The summed E-state index contributed by atoms with van der Waals surface area (Å²) in [7, 11) is 0. The number of benzene rings is 2. The fraction of sp³-hybridized carbons (Fsp3) is 0.167. The average molecular weight is 349 g/mol. The number of aromatic nitrogens is 3. The zero-order valence-electron chi connectivity index (χ0n) is 13.3. The highest BCUT2D eigenvalue weighted by atomic mass is 32.1. The number of hydrogen-bond donors (Lipinski definition) is 2. The zero-order chi connectivity index (χ0) is 17.0. The lowest BCUT2D eigenvalue weighted by atomic mass is 10.1. The molecule has 2 aromatic heterocycles. The Morgan fingerprint density at radius 3 is 2.92 bits per heavy atom. The Balaban J connectivity index is 1.59. The molecule has 0 radical (unpaired) electrons. The van der Waals surface area contributed by atoms with E-state index in [-0.39, 0.29) is 5.56 Å². The summed E-state index contributed by atoms with van der Waals surface area (Å²) in [5.74, 6) is 0. The minimum absolute atomic E-state index is 0.182. The molecule has 7 heteroatoms. The smallest absolute Gasteiger partial charge is 0.283 e. The van der Waals surface area contributed by atoms with Crippen LogP contribution in [-0.4, -0.2) is 14.6 Å². The first-order valence-electron chi connectivity index (χ1n) is 8.15. The van der Waals surface area contributed by atoms with Crippen LogP contribution in [0.2, 0.25) is 0 Å². The van der Waals surface area contributed by atoms with Crippen LogP contribution in [0.15, 0.2) is 41.2 Å². The van der Waals surface area contributed by atoms with E-state index in [1.807, 2.05) is 0 Å². The largest absolute Gasteiger partial charge is 0.399 e. The number of fused-ring (bicyclic) bond motifs is 3. The minimum atomic E-state index is -0.182. The van der Waals surface area contributed by atoms with E-state index >= 15 is 0 Å². The predicted molar refractivity (Wildman–Crippen MR) is 101 cm³/mol. The van der Waals surface area contributed by atoms with Gasteiger partial charge in [0.05, 0.1) is 10.9 Å². The Kier molecular flexibility index (Phi) is 3.05. The van der Waals surface area contributed by atoms with Crippen LogP contribution in [0.5, 0.6) is 0 Å². The van der Waals surface area contributed by atoms with E-state index in [0.717, 1.165) is 18.5 Å². The summed E-state index contributed by atoms with van der Waals surface area (Å²) in [4.78, 5) is 17.7. The number of rotatable bonds is 2. The highest BCUT2D eigenvalue weighted by Crippen LogP contribution is 2.28. The van der Waals surface area contributed by atoms with Crippen LogP contribution in [-0.2, 0) is 12.8 Å². The van der Waals surface area contributed by atoms with E-state index in [1.54, 1.807) is 18.2 Å². The molecule has 6 nitrogen and oxygen atoms in total. The molecule has 4 aromatic rings. The van der Waals surface area contributed by atoms with Crippen LogP contribution < -0.4 is 16.6 Å². The number of nitrogen functional groups attached to an aromatic ring is 1. The van der Waals surface area contributed by atoms with Gasteiger partial charge in [-0.3, -0.25) is 4.79 Å². The van der Waals surface area contributed by atoms with Crippen LogP contribution in [0.4, 0.5) is 16.5 Å². The SMILES string of the molecule is Nc1ccc2c(=O)n3nc(Nc4ccc5c(c4)CCC5)sc3nc2c1. The summed E-state index contributed by atoms with van der Waals surface area (Å²) in [5, 5.41) is 8.85. The third kappa shape index (κ3) is 2.35. The number of nitrogens with zero attached hydrogens (tertiary/aromatic N) is 3. The lowest BCUT2D eigenvalue weighted by Gasteiger charge is -2.04. The van der Waals surface area contributed by atoms with Crippen molar-refractivity contribution in [2.24, 2.45) is 0 Å². The summed E-state index contributed by atoms with van der Waals surface area (Å²) in [6.45, 7) is 0. The molecule has 3 N–H and O–H groups in total. The first kappa shape index (κ1) is 14.4. The van der Waals surface area contributed by atoms with Crippen molar-refractivity contribution in [2.75, 3.05) is 11.1 Å². The lowest BCUT2D eigenvalue weighted by molar-refractivity contribution is 0.911. The topological polar surface area (TPSA) is 85.3 Å². The normalized spacial score (nSPS) is 13.4. The molecule has 0 aliphatic heterocycles. The van der Waals surface area contributed by atoms with Crippen molar-refractivity contribution in [2.45, 2.75) is 19.3 Å². The Hall–Kier alpha value is -2.93. The molecular formula is C18H15N5OS. The molecule has 0 unspecified atom stereocenters. The number of hydrogen-bond acceptors (Lipinski definition) is 6. The maximum Gasteiger partial charge on any atom is 0.283 e. The van der Waals surface area contributed by atoms with Gasteiger partial charge in [0.2, 0.25) is 10.1 Å². The summed E-state index contributed by atoms with van der Waals surface area (Å²) >= 11 is 1.35. The maximum atomic E-state index is 12.6. The quantitative estimate of drug-likeness (QED) is 0.543. The van der Waals surface area contributed by atoms with Gasteiger partial charge in [0.15, 0.2) is 0 Å². The van der Waals surface area contributed by atoms with Gasteiger partial charge in [0.1, 0.15) is 0 Å². The first-order chi connectivity index (χ1) is 12.2. The van der Waals surface area contributed by atoms with Gasteiger partial charge in [-0.15, -0.1) is 5.10 Å². The van der Waals surface area contributed by atoms with Crippen molar-refractivity contribution in [1.82, 2.24) is 14.6 Å². The van der Waals surface area contributed by atoms with E-state index in [4.69, 9.17) is 5.73 Å². The number of aryl methyl sites for hydroxylation is 2. The van der Waals surface area contributed by atoms with Crippen molar-refractivity contribution in [3.8, 4) is 0 Å². The molecule has 1 aliphatic carbocycles. The maximum absolute atomic E-state index is 12.6. The molecule has 0 spiro atoms. The van der Waals surface area contributed by atoms with Crippen LogP contribution in [0.1, 0.15) is 17.5 Å². The van der Waals surface area contributed by atoms with Crippen molar-refractivity contribution in [3.63, 3.8) is 0 Å². The molecule has 25 heavy (non-hydrogen) atoms. The molecule has 2 aromatic carbocycles. The Bertz CT molecular complexity index is 1190. The van der Waals surface area contributed by atoms with Crippen LogP contribution >= 0.6 is 11.3 Å². The summed E-state index contributed by atoms with van der Waals surface area (Å²) in [5.41, 5.74) is 10.6. The average Bonchev–Trinajstić information content (AvgIpc) is 3.21.